The number of piperidine rings is 1. The SMILES string of the molecule is CCN1CCC(CNC2CCC23CCCCC3)CC1. The summed E-state index contributed by atoms with van der Waals surface area (Å²) in [4.78, 5) is 2.60. The second kappa shape index (κ2) is 6.13. The van der Waals surface area contributed by atoms with Gasteiger partial charge >= 0.3 is 0 Å². The van der Waals surface area contributed by atoms with Gasteiger partial charge in [0.25, 0.3) is 0 Å². The molecule has 2 nitrogen and oxygen atoms in total. The van der Waals surface area contributed by atoms with Gasteiger partial charge in [-0.3, -0.25) is 0 Å². The molecule has 2 saturated carbocycles. The molecule has 0 aromatic rings. The second-order valence-electron chi connectivity index (χ2n) is 7.30. The average molecular weight is 264 g/mol. The van der Waals surface area contributed by atoms with Crippen molar-refractivity contribution in [1.82, 2.24) is 10.2 Å². The lowest BCUT2D eigenvalue weighted by molar-refractivity contribution is 0.0192. The zero-order chi connectivity index (χ0) is 13.1. The Morgan fingerprint density at radius 1 is 1.00 bits per heavy atom. The Kier molecular flexibility index (Phi) is 4.48. The van der Waals surface area contributed by atoms with Gasteiger partial charge in [0.15, 0.2) is 0 Å². The zero-order valence-corrected chi connectivity index (χ0v) is 12.8. The first-order valence-electron chi connectivity index (χ1n) is 8.78. The summed E-state index contributed by atoms with van der Waals surface area (Å²) < 4.78 is 0. The van der Waals surface area contributed by atoms with Crippen LogP contribution in [0.3, 0.4) is 0 Å². The van der Waals surface area contributed by atoms with Gasteiger partial charge in [-0.25, -0.2) is 0 Å². The fraction of sp³-hybridized carbons (Fsp3) is 1.00. The van der Waals surface area contributed by atoms with Crippen molar-refractivity contribution in [2.75, 3.05) is 26.2 Å². The lowest BCUT2D eigenvalue weighted by atomic mass is 9.57. The summed E-state index contributed by atoms with van der Waals surface area (Å²) in [6.45, 7) is 7.49. The Morgan fingerprint density at radius 3 is 2.32 bits per heavy atom. The van der Waals surface area contributed by atoms with Crippen molar-refractivity contribution < 1.29 is 0 Å². The highest BCUT2D eigenvalue weighted by Gasteiger charge is 2.46. The lowest BCUT2D eigenvalue weighted by Crippen LogP contribution is -2.55. The molecule has 0 amide bonds. The normalized spacial score (nSPS) is 32.4. The Balaban J connectivity index is 1.40. The third-order valence-electron chi connectivity index (χ3n) is 6.33. The summed E-state index contributed by atoms with van der Waals surface area (Å²) in [5.74, 6) is 0.948. The molecule has 0 radical (unpaired) electrons. The topological polar surface area (TPSA) is 15.3 Å². The van der Waals surface area contributed by atoms with E-state index in [1.807, 2.05) is 0 Å². The van der Waals surface area contributed by atoms with Crippen molar-refractivity contribution in [3.8, 4) is 0 Å². The molecule has 2 heteroatoms. The van der Waals surface area contributed by atoms with Crippen LogP contribution in [0.25, 0.3) is 0 Å². The molecule has 3 rings (SSSR count). The van der Waals surface area contributed by atoms with Gasteiger partial charge in [-0.05, 0) is 76.0 Å². The Bertz CT molecular complexity index is 275. The van der Waals surface area contributed by atoms with E-state index in [2.05, 4.69) is 17.1 Å². The molecular weight excluding hydrogens is 232 g/mol. The second-order valence-corrected chi connectivity index (χ2v) is 7.30. The molecule has 0 bridgehead atoms. The fourth-order valence-electron chi connectivity index (χ4n) is 4.69. The van der Waals surface area contributed by atoms with Gasteiger partial charge in [-0.2, -0.15) is 0 Å². The predicted octanol–water partition coefficient (Wildman–Crippen LogP) is 3.42. The molecule has 3 aliphatic rings. The number of likely N-dealkylation sites (tertiary alicyclic amines) is 1. The van der Waals surface area contributed by atoms with E-state index in [9.17, 15) is 0 Å². The molecular formula is C17H32N2. The maximum atomic E-state index is 3.96. The minimum Gasteiger partial charge on any atom is -0.313 e. The van der Waals surface area contributed by atoms with Gasteiger partial charge in [0.1, 0.15) is 0 Å². The van der Waals surface area contributed by atoms with Crippen LogP contribution in [0.4, 0.5) is 0 Å². The Labute approximate surface area is 119 Å². The minimum absolute atomic E-state index is 0.738. The molecule has 3 fully saturated rings. The van der Waals surface area contributed by atoms with E-state index in [0.29, 0.717) is 0 Å². The van der Waals surface area contributed by atoms with Crippen LogP contribution in [-0.2, 0) is 0 Å². The van der Waals surface area contributed by atoms with E-state index in [0.717, 1.165) is 17.4 Å². The van der Waals surface area contributed by atoms with Crippen LogP contribution in [0.15, 0.2) is 0 Å². The lowest BCUT2D eigenvalue weighted by Gasteiger charge is -2.53. The average Bonchev–Trinajstić information content (AvgIpc) is 2.48. The molecule has 1 N–H and O–H groups in total. The Hall–Kier alpha value is -0.0800. The Morgan fingerprint density at radius 2 is 1.74 bits per heavy atom. The van der Waals surface area contributed by atoms with Crippen LogP contribution in [-0.4, -0.2) is 37.1 Å². The van der Waals surface area contributed by atoms with Crippen LogP contribution < -0.4 is 5.32 Å². The van der Waals surface area contributed by atoms with E-state index in [4.69, 9.17) is 0 Å². The van der Waals surface area contributed by atoms with E-state index in [-0.39, 0.29) is 0 Å². The molecule has 1 unspecified atom stereocenters. The van der Waals surface area contributed by atoms with E-state index in [1.54, 1.807) is 0 Å². The standard InChI is InChI=1S/C17H32N2/c1-2-19-12-7-15(8-13-19)14-18-16-6-11-17(16)9-4-3-5-10-17/h15-16,18H,2-14H2,1H3. The number of rotatable bonds is 4. The monoisotopic (exact) mass is 264 g/mol. The highest BCUT2D eigenvalue weighted by atomic mass is 15.1. The molecule has 1 aliphatic heterocycles. The third-order valence-corrected chi connectivity index (χ3v) is 6.33. The van der Waals surface area contributed by atoms with E-state index >= 15 is 0 Å². The van der Waals surface area contributed by atoms with Crippen molar-refractivity contribution in [1.29, 1.82) is 0 Å². The van der Waals surface area contributed by atoms with Crippen molar-refractivity contribution >= 4 is 0 Å². The minimum atomic E-state index is 0.738. The molecule has 110 valence electrons. The van der Waals surface area contributed by atoms with Gasteiger partial charge in [-0.15, -0.1) is 0 Å². The zero-order valence-electron chi connectivity index (χ0n) is 12.8. The number of nitrogens with zero attached hydrogens (tertiary/aromatic N) is 1. The third kappa shape index (κ3) is 3.00. The van der Waals surface area contributed by atoms with Crippen LogP contribution in [0.2, 0.25) is 0 Å². The molecule has 1 atom stereocenters. The first-order chi connectivity index (χ1) is 9.32. The number of nitrogens with one attached hydrogen (secondary N) is 1. The van der Waals surface area contributed by atoms with Crippen molar-refractivity contribution in [2.45, 2.75) is 70.8 Å². The van der Waals surface area contributed by atoms with Gasteiger partial charge in [0.2, 0.25) is 0 Å². The van der Waals surface area contributed by atoms with Gasteiger partial charge in [0, 0.05) is 6.04 Å². The maximum absolute atomic E-state index is 3.96. The number of hydrogen-bond acceptors (Lipinski definition) is 2. The molecule has 0 aromatic carbocycles. The highest BCUT2D eigenvalue weighted by molar-refractivity contribution is 5.01. The van der Waals surface area contributed by atoms with Gasteiger partial charge in [0.05, 0.1) is 0 Å². The van der Waals surface area contributed by atoms with Crippen molar-refractivity contribution in [2.24, 2.45) is 11.3 Å². The molecule has 1 heterocycles. The first kappa shape index (κ1) is 13.9. The summed E-state index contributed by atoms with van der Waals surface area (Å²) in [6.07, 6.45) is 13.3. The predicted molar refractivity (Wildman–Crippen MR) is 81.4 cm³/mol. The first-order valence-corrected chi connectivity index (χ1v) is 8.78. The largest absolute Gasteiger partial charge is 0.313 e. The maximum Gasteiger partial charge on any atom is 0.0124 e. The van der Waals surface area contributed by atoms with Crippen LogP contribution in [0, 0.1) is 11.3 Å². The van der Waals surface area contributed by atoms with Crippen molar-refractivity contribution in [3.05, 3.63) is 0 Å². The van der Waals surface area contributed by atoms with Gasteiger partial charge < -0.3 is 10.2 Å². The fourth-order valence-corrected chi connectivity index (χ4v) is 4.69. The summed E-state index contributed by atoms with van der Waals surface area (Å²) >= 11 is 0. The quantitative estimate of drug-likeness (QED) is 0.837. The van der Waals surface area contributed by atoms with Gasteiger partial charge in [-0.1, -0.05) is 26.2 Å². The van der Waals surface area contributed by atoms with Crippen molar-refractivity contribution in [3.63, 3.8) is 0 Å². The van der Waals surface area contributed by atoms with E-state index in [1.165, 1.54) is 84.0 Å². The summed E-state index contributed by atoms with van der Waals surface area (Å²) in [5, 5.41) is 3.96. The van der Waals surface area contributed by atoms with E-state index < -0.39 is 0 Å². The molecule has 0 aromatic heterocycles. The van der Waals surface area contributed by atoms with Crippen LogP contribution in [0.1, 0.15) is 64.7 Å². The smallest absolute Gasteiger partial charge is 0.0124 e. The summed E-state index contributed by atoms with van der Waals surface area (Å²) in [5.41, 5.74) is 0.738. The highest BCUT2D eigenvalue weighted by Crippen LogP contribution is 2.51. The molecule has 19 heavy (non-hydrogen) atoms. The summed E-state index contributed by atoms with van der Waals surface area (Å²) in [6, 6.07) is 0.872. The molecule has 1 spiro atoms. The molecule has 1 saturated heterocycles. The summed E-state index contributed by atoms with van der Waals surface area (Å²) in [7, 11) is 0. The number of hydrogen-bond donors (Lipinski definition) is 1. The van der Waals surface area contributed by atoms with Crippen LogP contribution >= 0.6 is 0 Å². The van der Waals surface area contributed by atoms with Crippen LogP contribution in [0.5, 0.6) is 0 Å². The molecule has 2 aliphatic carbocycles.